The number of nitrogens with one attached hydrogen (secondary N) is 3. The van der Waals surface area contributed by atoms with Crippen molar-refractivity contribution in [2.75, 3.05) is 80.7 Å². The van der Waals surface area contributed by atoms with E-state index in [4.69, 9.17) is 19.6 Å². The van der Waals surface area contributed by atoms with Crippen molar-refractivity contribution >= 4 is 97.1 Å². The van der Waals surface area contributed by atoms with E-state index in [0.29, 0.717) is 35.2 Å². The first-order valence-corrected chi connectivity index (χ1v) is 21.6. The van der Waals surface area contributed by atoms with Gasteiger partial charge < -0.3 is 28.4 Å². The molecule has 0 spiro atoms. The Morgan fingerprint density at radius 2 is 1.05 bits per heavy atom. The van der Waals surface area contributed by atoms with Gasteiger partial charge in [-0.25, -0.2) is 19.7 Å². The van der Waals surface area contributed by atoms with Crippen LogP contribution in [0.2, 0.25) is 0 Å². The van der Waals surface area contributed by atoms with Crippen LogP contribution in [0.4, 0.5) is 0 Å². The van der Waals surface area contributed by atoms with E-state index in [2.05, 4.69) is 65.9 Å². The van der Waals surface area contributed by atoms with Crippen LogP contribution in [-0.4, -0.2) is 158 Å². The van der Waals surface area contributed by atoms with Crippen LogP contribution in [0.25, 0.3) is 44.3 Å². The molecule has 19 heteroatoms. The molecule has 16 nitrogen and oxygen atoms in total. The molecule has 62 heavy (non-hydrogen) atoms. The van der Waals surface area contributed by atoms with Crippen LogP contribution in [0.5, 0.6) is 0 Å². The molecule has 2 amide bonds. The summed E-state index contributed by atoms with van der Waals surface area (Å²) in [6.07, 6.45) is 7.19. The van der Waals surface area contributed by atoms with Crippen molar-refractivity contribution < 1.29 is 36.5 Å². The molecule has 6 rings (SSSR count). The predicted molar refractivity (Wildman–Crippen MR) is 252 cm³/mol. The molecule has 0 unspecified atom stereocenters. The van der Waals surface area contributed by atoms with Crippen molar-refractivity contribution in [2.24, 2.45) is 0 Å². The van der Waals surface area contributed by atoms with Gasteiger partial charge in [-0.3, -0.25) is 19.6 Å². The zero-order valence-corrected chi connectivity index (χ0v) is 40.0. The molecule has 0 atom stereocenters. The average molecular weight is 967 g/mol. The van der Waals surface area contributed by atoms with Gasteiger partial charge in [0.1, 0.15) is 0 Å². The summed E-state index contributed by atoms with van der Waals surface area (Å²) in [6.45, 7) is 2.71. The summed E-state index contributed by atoms with van der Waals surface area (Å²) in [7, 11) is 12.0. The number of para-hydroxylation sites is 2. The Balaban J connectivity index is 0.000000914. The number of rotatable bonds is 13. The molecule has 0 bridgehead atoms. The van der Waals surface area contributed by atoms with Crippen molar-refractivity contribution in [1.29, 1.82) is 0 Å². The van der Waals surface area contributed by atoms with Gasteiger partial charge in [0, 0.05) is 106 Å². The van der Waals surface area contributed by atoms with E-state index in [-0.39, 0.29) is 52.7 Å². The van der Waals surface area contributed by atoms with Crippen LogP contribution in [0.15, 0.2) is 110 Å². The summed E-state index contributed by atoms with van der Waals surface area (Å²) in [5.41, 5.74) is 6.24. The predicted octanol–water partition coefficient (Wildman–Crippen LogP) is 4.93. The van der Waals surface area contributed by atoms with Crippen molar-refractivity contribution in [3.8, 4) is 22.5 Å². The zero-order valence-electron chi connectivity index (χ0n) is 36.7. The number of benzene rings is 2. The van der Waals surface area contributed by atoms with E-state index in [1.165, 1.54) is 14.2 Å². The van der Waals surface area contributed by atoms with Gasteiger partial charge >= 0.3 is 22.0 Å². The number of amides is 2. The largest absolute Gasteiger partial charge is 0.667 e. The molecular formula is C43H53AlILiN8O8. The first-order chi connectivity index (χ1) is 29.7. The summed E-state index contributed by atoms with van der Waals surface area (Å²) in [4.78, 5) is 70.7. The first-order valence-electron chi connectivity index (χ1n) is 18.5. The van der Waals surface area contributed by atoms with Gasteiger partial charge in [-0.05, 0) is 74.6 Å². The minimum Gasteiger partial charge on any atom is -0.486 e. The van der Waals surface area contributed by atoms with Crippen LogP contribution in [0.3, 0.4) is 0 Å². The number of carbonyl (C=O) groups excluding carboxylic acids is 4. The fourth-order valence-corrected chi connectivity index (χ4v) is 5.20. The fraction of sp³-hybridized carbons (Fsp3) is 0.279. The molecule has 3 N–H and O–H groups in total. The third kappa shape index (κ3) is 21.5. The molecule has 4 aromatic heterocycles. The Morgan fingerprint density at radius 3 is 1.39 bits per heavy atom. The van der Waals surface area contributed by atoms with Crippen LogP contribution in [-0.2, 0) is 26.9 Å². The topological polar surface area (TPSA) is 196 Å². The smallest absolute Gasteiger partial charge is 0.486 e. The maximum atomic E-state index is 12.5. The summed E-state index contributed by atoms with van der Waals surface area (Å²) < 4.78 is 9.10. The van der Waals surface area contributed by atoms with E-state index >= 15 is 0 Å². The quantitative estimate of drug-likeness (QED) is 0.0352. The number of likely N-dealkylation sites (N-methyl/N-ethyl adjacent to an activating group) is 2. The molecule has 2 aromatic carbocycles. The van der Waals surface area contributed by atoms with Gasteiger partial charge in [0.25, 0.3) is 11.8 Å². The number of pyridine rings is 4. The Morgan fingerprint density at radius 1 is 0.645 bits per heavy atom. The van der Waals surface area contributed by atoms with E-state index in [1.807, 2.05) is 110 Å². The molecule has 4 heterocycles. The zero-order chi connectivity index (χ0) is 45.3. The summed E-state index contributed by atoms with van der Waals surface area (Å²) >= 11 is 1.96. The Labute approximate surface area is 395 Å². The average Bonchev–Trinajstić information content (AvgIpc) is 3.30. The normalized spacial score (nSPS) is 9.52. The van der Waals surface area contributed by atoms with Crippen molar-refractivity contribution in [1.82, 2.24) is 40.8 Å². The second-order valence-corrected chi connectivity index (χ2v) is 13.2. The Bertz CT molecular complexity index is 2170. The SMILES string of the molecule is CN([11CH3])CCNC(=O)c1cccc2ccc(-c3ccncc3)nc12.CNCCNC(=O)c1cccc2ccc(-c3ccncc3)nc12.COO[11CH3].C[O][Al][O]C.O=[11C]=O.[11CH3]I.[Li]. The summed E-state index contributed by atoms with van der Waals surface area (Å²) in [5.74, 6) is -0.202. The second-order valence-electron chi connectivity index (χ2n) is 12.0. The standard InChI is InChI=1S/C19H20N4O.C18H18N4O.C2H6O2.CH3I.CO2.2CH3O.Al.Li/c1-23(2)13-12-21-19(24)16-5-3-4-15-6-7-17(22-18(15)16)14-8-10-20-11-9-14;1-19-11-12-21-18(23)15-4-2-3-14-5-6-16(22-17(14)15)13-7-9-20-10-8-13;1-3-4-2;1-2;2-1-3;2*1-2;;/h3-11H,12-13H2,1-2H3,(H,21,24);2-10,19H,11-12H2,1H3,(H,21,23);1-2H3;1H3;;2*1H3;;/q;;;;;2*-1;+2;/i1-1;;3*1-1;;;;. The molecule has 324 valence electrons. The number of nitrogens with zero attached hydrogens (tertiary/aromatic N) is 5. The summed E-state index contributed by atoms with van der Waals surface area (Å²) in [6, 6.07) is 26.9. The monoisotopic (exact) mass is 966 g/mol. The van der Waals surface area contributed by atoms with E-state index in [9.17, 15) is 9.59 Å². The molecule has 0 fully saturated rings. The van der Waals surface area contributed by atoms with E-state index in [0.717, 1.165) is 46.4 Å². The van der Waals surface area contributed by atoms with Gasteiger partial charge in [-0.15, -0.1) is 0 Å². The van der Waals surface area contributed by atoms with Gasteiger partial charge in [-0.2, -0.15) is 9.59 Å². The number of fused-ring (bicyclic) bond motifs is 2. The maximum absolute atomic E-state index is 12.5. The number of hydrogen-bond acceptors (Lipinski definition) is 14. The third-order valence-electron chi connectivity index (χ3n) is 7.75. The van der Waals surface area contributed by atoms with E-state index < -0.39 is 0 Å². The van der Waals surface area contributed by atoms with Gasteiger partial charge in [0.2, 0.25) is 0 Å². The van der Waals surface area contributed by atoms with Crippen molar-refractivity contribution in [3.63, 3.8) is 0 Å². The molecule has 0 aliphatic carbocycles. The molecule has 2 radical (unpaired) electrons. The molecule has 0 saturated heterocycles. The van der Waals surface area contributed by atoms with Crippen molar-refractivity contribution in [3.05, 3.63) is 121 Å². The molecular weight excluding hydrogens is 913 g/mol. The Kier molecular flexibility index (Phi) is 33.4. The molecule has 6 aromatic rings. The van der Waals surface area contributed by atoms with Gasteiger partial charge in [-0.1, -0.05) is 59.0 Å². The number of aromatic nitrogens is 4. The van der Waals surface area contributed by atoms with Crippen LogP contribution in [0, 0.1) is 0 Å². The van der Waals surface area contributed by atoms with Gasteiger partial charge in [0.15, 0.2) is 0 Å². The minimum absolute atomic E-state index is 0. The first kappa shape index (κ1) is 57.5. The van der Waals surface area contributed by atoms with Crippen LogP contribution >= 0.6 is 22.6 Å². The number of alkyl halides is 1. The number of hydrogen-bond donors (Lipinski definition) is 3. The van der Waals surface area contributed by atoms with Crippen molar-refractivity contribution in [2.45, 2.75) is 0 Å². The maximum Gasteiger partial charge on any atom is 0.667 e. The molecule has 0 aliphatic rings. The third-order valence-corrected chi connectivity index (χ3v) is 8.13. The van der Waals surface area contributed by atoms with Crippen LogP contribution < -0.4 is 16.0 Å². The van der Waals surface area contributed by atoms with Crippen LogP contribution in [0.1, 0.15) is 20.7 Å². The molecule has 0 saturated carbocycles. The number of halogens is 1. The van der Waals surface area contributed by atoms with E-state index in [1.54, 1.807) is 45.1 Å². The fourth-order valence-electron chi connectivity index (χ4n) is 5.01. The Hall–Kier alpha value is -4.50. The second kappa shape index (κ2) is 36.0. The molecule has 0 aliphatic heterocycles. The van der Waals surface area contributed by atoms with Gasteiger partial charge in [0.05, 0.1) is 47.8 Å². The minimum atomic E-state index is -0.185. The summed E-state index contributed by atoms with van der Waals surface area (Å²) in [5, 5.41) is 10.8. The number of carbonyl (C=O) groups is 2.